The van der Waals surface area contributed by atoms with Crippen LogP contribution < -0.4 is 14.3 Å². The van der Waals surface area contributed by atoms with Crippen molar-refractivity contribution in [1.82, 2.24) is 4.57 Å². The number of carbonyl (C=O) groups excluding carboxylic acids is 2. The maximum absolute atomic E-state index is 13.5. The molecule has 0 fully saturated rings. The van der Waals surface area contributed by atoms with E-state index in [4.69, 9.17) is 14.2 Å². The number of esters is 1. The van der Waals surface area contributed by atoms with E-state index in [0.29, 0.717) is 21.7 Å². The van der Waals surface area contributed by atoms with Gasteiger partial charge in [0.2, 0.25) is 0 Å². The number of carbonyl (C=O) groups is 2. The molecular formula is C19H17FN2O5S. The van der Waals surface area contributed by atoms with Crippen LogP contribution in [0.1, 0.15) is 0 Å². The van der Waals surface area contributed by atoms with Crippen LogP contribution in [0.15, 0.2) is 47.5 Å². The number of methoxy groups -OCH3 is 2. The van der Waals surface area contributed by atoms with E-state index in [1.54, 1.807) is 24.3 Å². The first-order valence-electron chi connectivity index (χ1n) is 8.21. The number of ether oxygens (including phenoxy) is 3. The minimum atomic E-state index is -0.559. The highest BCUT2D eigenvalue weighted by molar-refractivity contribution is 7.16. The molecule has 2 aromatic carbocycles. The summed E-state index contributed by atoms with van der Waals surface area (Å²) in [6.07, 6.45) is 0. The highest BCUT2D eigenvalue weighted by Gasteiger charge is 2.13. The Balaban J connectivity index is 1.90. The van der Waals surface area contributed by atoms with Crippen LogP contribution in [0.25, 0.3) is 10.2 Å². The van der Waals surface area contributed by atoms with Crippen LogP contribution in [-0.2, 0) is 20.9 Å². The van der Waals surface area contributed by atoms with Crippen molar-refractivity contribution in [3.05, 3.63) is 53.1 Å². The largest absolute Gasteiger partial charge is 0.493 e. The normalized spacial score (nSPS) is 11.5. The highest BCUT2D eigenvalue weighted by atomic mass is 32.1. The smallest absolute Gasteiger partial charge is 0.325 e. The van der Waals surface area contributed by atoms with E-state index in [2.05, 4.69) is 4.99 Å². The van der Waals surface area contributed by atoms with Gasteiger partial charge in [0.05, 0.1) is 24.4 Å². The van der Waals surface area contributed by atoms with Gasteiger partial charge in [-0.1, -0.05) is 23.5 Å². The Kier molecular flexibility index (Phi) is 6.05. The molecule has 1 aromatic heterocycles. The predicted molar refractivity (Wildman–Crippen MR) is 101 cm³/mol. The average molecular weight is 404 g/mol. The number of fused-ring (bicyclic) bond motifs is 1. The first-order chi connectivity index (χ1) is 13.5. The lowest BCUT2D eigenvalue weighted by molar-refractivity contribution is -0.141. The monoisotopic (exact) mass is 404 g/mol. The summed E-state index contributed by atoms with van der Waals surface area (Å²) in [4.78, 5) is 28.3. The second-order valence-corrected chi connectivity index (χ2v) is 6.61. The van der Waals surface area contributed by atoms with E-state index in [0.717, 1.165) is 11.3 Å². The molecule has 0 atom stereocenters. The minimum Gasteiger partial charge on any atom is -0.493 e. The number of nitrogens with zero attached hydrogens (tertiary/aromatic N) is 2. The Bertz CT molecular complexity index is 1090. The average Bonchev–Trinajstić information content (AvgIpc) is 3.02. The molecule has 0 aliphatic rings. The van der Waals surface area contributed by atoms with Gasteiger partial charge in [0.25, 0.3) is 5.91 Å². The number of rotatable bonds is 6. The minimum absolute atomic E-state index is 0.151. The van der Waals surface area contributed by atoms with Crippen molar-refractivity contribution in [2.75, 3.05) is 20.8 Å². The van der Waals surface area contributed by atoms with E-state index in [1.165, 1.54) is 37.0 Å². The molecule has 0 spiro atoms. The van der Waals surface area contributed by atoms with Crippen molar-refractivity contribution in [1.29, 1.82) is 0 Å². The van der Waals surface area contributed by atoms with Crippen LogP contribution in [0.5, 0.6) is 11.5 Å². The SMILES string of the molecule is COC(=O)Cn1c(=NC(=O)COc2ccccc2OC)sc2cc(F)ccc21. The van der Waals surface area contributed by atoms with Gasteiger partial charge >= 0.3 is 5.97 Å². The van der Waals surface area contributed by atoms with E-state index >= 15 is 0 Å². The van der Waals surface area contributed by atoms with Crippen molar-refractivity contribution < 1.29 is 28.2 Å². The van der Waals surface area contributed by atoms with E-state index in [9.17, 15) is 14.0 Å². The standard InChI is InChI=1S/C19H17FN2O5S/c1-25-14-5-3-4-6-15(14)27-11-17(23)21-19-22(10-18(24)26-2)13-8-7-12(20)9-16(13)28-19/h3-9H,10-11H2,1-2H3. The van der Waals surface area contributed by atoms with Gasteiger partial charge in [-0.3, -0.25) is 9.59 Å². The van der Waals surface area contributed by atoms with Gasteiger partial charge < -0.3 is 18.8 Å². The Morgan fingerprint density at radius 1 is 1.14 bits per heavy atom. The zero-order valence-corrected chi connectivity index (χ0v) is 16.0. The number of benzene rings is 2. The molecule has 3 rings (SSSR count). The summed E-state index contributed by atoms with van der Waals surface area (Å²) in [6.45, 7) is -0.469. The van der Waals surface area contributed by atoms with Gasteiger partial charge in [-0.15, -0.1) is 0 Å². The second-order valence-electron chi connectivity index (χ2n) is 5.60. The quantitative estimate of drug-likeness (QED) is 0.590. The summed E-state index contributed by atoms with van der Waals surface area (Å²) in [5.74, 6) is -0.584. The van der Waals surface area contributed by atoms with Gasteiger partial charge in [0, 0.05) is 0 Å². The lowest BCUT2D eigenvalue weighted by atomic mass is 10.3. The summed E-state index contributed by atoms with van der Waals surface area (Å²) in [5.41, 5.74) is 0.578. The maximum Gasteiger partial charge on any atom is 0.325 e. The van der Waals surface area contributed by atoms with Crippen molar-refractivity contribution in [3.63, 3.8) is 0 Å². The number of thiazole rings is 1. The van der Waals surface area contributed by atoms with Crippen LogP contribution in [0.4, 0.5) is 4.39 Å². The summed E-state index contributed by atoms with van der Waals surface area (Å²) in [5, 5.41) is 0. The van der Waals surface area contributed by atoms with Crippen LogP contribution in [-0.4, -0.2) is 37.3 Å². The molecule has 7 nitrogen and oxygen atoms in total. The molecular weight excluding hydrogens is 387 g/mol. The fraction of sp³-hybridized carbons (Fsp3) is 0.211. The van der Waals surface area contributed by atoms with Crippen molar-refractivity contribution in [3.8, 4) is 11.5 Å². The van der Waals surface area contributed by atoms with Gasteiger partial charge in [-0.05, 0) is 30.3 Å². The summed E-state index contributed by atoms with van der Waals surface area (Å²) < 4.78 is 30.9. The third-order valence-electron chi connectivity index (χ3n) is 3.80. The summed E-state index contributed by atoms with van der Waals surface area (Å²) >= 11 is 1.10. The van der Waals surface area contributed by atoms with Gasteiger partial charge in [-0.2, -0.15) is 4.99 Å². The number of halogens is 1. The topological polar surface area (TPSA) is 79.1 Å². The van der Waals surface area contributed by atoms with Crippen LogP contribution in [0.3, 0.4) is 0 Å². The predicted octanol–water partition coefficient (Wildman–Crippen LogP) is 2.53. The Morgan fingerprint density at radius 3 is 2.61 bits per heavy atom. The molecule has 0 N–H and O–H groups in total. The molecule has 1 heterocycles. The van der Waals surface area contributed by atoms with E-state index in [-0.39, 0.29) is 18.0 Å². The Hall–Kier alpha value is -3.20. The number of para-hydroxylation sites is 2. The fourth-order valence-electron chi connectivity index (χ4n) is 2.50. The van der Waals surface area contributed by atoms with Crippen molar-refractivity contribution in [2.45, 2.75) is 6.54 Å². The third kappa shape index (κ3) is 4.37. The first kappa shape index (κ1) is 19.6. The molecule has 0 aliphatic carbocycles. The zero-order valence-electron chi connectivity index (χ0n) is 15.2. The Labute approximate surface area is 163 Å². The Morgan fingerprint density at radius 2 is 1.89 bits per heavy atom. The highest BCUT2D eigenvalue weighted by Crippen LogP contribution is 2.25. The molecule has 0 saturated heterocycles. The maximum atomic E-state index is 13.5. The summed E-state index contributed by atoms with van der Waals surface area (Å²) in [7, 11) is 2.76. The number of amides is 1. The molecule has 28 heavy (non-hydrogen) atoms. The van der Waals surface area contributed by atoms with Crippen molar-refractivity contribution in [2.24, 2.45) is 4.99 Å². The fourth-order valence-corrected chi connectivity index (χ4v) is 3.57. The first-order valence-corrected chi connectivity index (χ1v) is 9.02. The van der Waals surface area contributed by atoms with E-state index < -0.39 is 17.7 Å². The van der Waals surface area contributed by atoms with Gasteiger partial charge in [0.1, 0.15) is 12.4 Å². The molecule has 0 saturated carbocycles. The molecule has 3 aromatic rings. The zero-order chi connectivity index (χ0) is 20.1. The third-order valence-corrected chi connectivity index (χ3v) is 4.84. The van der Waals surface area contributed by atoms with Crippen LogP contribution >= 0.6 is 11.3 Å². The van der Waals surface area contributed by atoms with Gasteiger partial charge in [-0.25, -0.2) is 4.39 Å². The van der Waals surface area contributed by atoms with Crippen LogP contribution in [0.2, 0.25) is 0 Å². The second kappa shape index (κ2) is 8.66. The molecule has 0 aliphatic heterocycles. The lowest BCUT2D eigenvalue weighted by Crippen LogP contribution is -2.23. The number of aromatic nitrogens is 1. The van der Waals surface area contributed by atoms with Gasteiger partial charge in [0.15, 0.2) is 22.9 Å². The molecule has 146 valence electrons. The molecule has 0 radical (unpaired) electrons. The van der Waals surface area contributed by atoms with E-state index in [1.807, 2.05) is 0 Å². The molecule has 0 bridgehead atoms. The molecule has 1 amide bonds. The summed E-state index contributed by atoms with van der Waals surface area (Å²) in [6, 6.07) is 11.0. The number of hydrogen-bond acceptors (Lipinski definition) is 6. The van der Waals surface area contributed by atoms with Crippen molar-refractivity contribution >= 4 is 33.4 Å². The molecule has 0 unspecified atom stereocenters. The lowest BCUT2D eigenvalue weighted by Gasteiger charge is -2.08. The number of hydrogen-bond donors (Lipinski definition) is 0. The molecule has 9 heteroatoms. The van der Waals surface area contributed by atoms with Crippen LogP contribution in [0, 0.1) is 5.82 Å².